The van der Waals surface area contributed by atoms with Crippen molar-refractivity contribution >= 4 is 69.5 Å². The third-order valence-electron chi connectivity index (χ3n) is 14.3. The van der Waals surface area contributed by atoms with Crippen LogP contribution in [0.3, 0.4) is 0 Å². The molecule has 2 aromatic heterocycles. The van der Waals surface area contributed by atoms with Crippen molar-refractivity contribution in [3.63, 3.8) is 0 Å². The first-order valence-corrected chi connectivity index (χ1v) is 26.5. The van der Waals surface area contributed by atoms with Crippen LogP contribution in [0.1, 0.15) is 114 Å². The molecule has 0 bridgehead atoms. The Balaban J connectivity index is 0.762. The van der Waals surface area contributed by atoms with E-state index in [1.54, 1.807) is 48.8 Å². The zero-order valence-corrected chi connectivity index (χ0v) is 44.3. The molecular formula is C58H59Cl3FN7O6. The Kier molecular flexibility index (Phi) is 17.4. The number of aliphatic imine (C=N–C) groups is 1. The molecule has 17 heteroatoms. The monoisotopic (exact) mass is 1070 g/mol. The van der Waals surface area contributed by atoms with Crippen LogP contribution >= 0.6 is 34.8 Å². The van der Waals surface area contributed by atoms with Gasteiger partial charge in [-0.3, -0.25) is 19.4 Å². The van der Waals surface area contributed by atoms with E-state index in [9.17, 15) is 14.4 Å². The van der Waals surface area contributed by atoms with Gasteiger partial charge in [-0.2, -0.15) is 0 Å². The number of aromatic nitrogens is 3. The summed E-state index contributed by atoms with van der Waals surface area (Å²) in [5, 5.41) is 1.52. The molecule has 2 aliphatic heterocycles. The lowest BCUT2D eigenvalue weighted by molar-refractivity contribution is -0.136. The number of carbonyl (C=O) groups excluding carboxylic acids is 3. The fourth-order valence-corrected chi connectivity index (χ4v) is 11.1. The van der Waals surface area contributed by atoms with Gasteiger partial charge < -0.3 is 29.7 Å². The van der Waals surface area contributed by atoms with Crippen LogP contribution in [0.15, 0.2) is 102 Å². The SMILES string of the molecule is COc1cc(Cc2ncc3c(n2)-c2ccc(Cl)cc2C(c2c(F)cccc2OC)=NC3)ccc1C(=O)CCCOCCCC(=O)CC(=O)N1CC(CC2CCCC2)N(c2ncc(Cl)cc2N)[C@@H](c2ccc(Cl)cc2)C1. The first-order chi connectivity index (χ1) is 36.4. The third-order valence-corrected chi connectivity index (χ3v) is 15.0. The zero-order valence-electron chi connectivity index (χ0n) is 42.0. The summed E-state index contributed by atoms with van der Waals surface area (Å²) in [5.74, 6) is 1.56. The Hall–Kier alpha value is -6.45. The van der Waals surface area contributed by atoms with Crippen LogP contribution < -0.4 is 20.1 Å². The number of methoxy groups -OCH3 is 2. The van der Waals surface area contributed by atoms with E-state index in [4.69, 9.17) is 69.7 Å². The van der Waals surface area contributed by atoms with Gasteiger partial charge in [-0.25, -0.2) is 19.3 Å². The predicted octanol–water partition coefficient (Wildman–Crippen LogP) is 11.9. The number of amides is 1. The molecule has 0 radical (unpaired) electrons. The van der Waals surface area contributed by atoms with Gasteiger partial charge >= 0.3 is 0 Å². The van der Waals surface area contributed by atoms with Crippen molar-refractivity contribution in [1.82, 2.24) is 19.9 Å². The molecule has 3 aliphatic rings. The second-order valence-corrected chi connectivity index (χ2v) is 20.7. The number of halogens is 4. The molecular weight excluding hydrogens is 1020 g/mol. The smallest absolute Gasteiger partial charge is 0.230 e. The van der Waals surface area contributed by atoms with E-state index in [2.05, 4.69) is 9.88 Å². The fraction of sp³-hybridized carbons (Fsp3) is 0.362. The van der Waals surface area contributed by atoms with Crippen molar-refractivity contribution in [3.8, 4) is 22.8 Å². The summed E-state index contributed by atoms with van der Waals surface area (Å²) in [6, 6.07) is 24.5. The van der Waals surface area contributed by atoms with E-state index in [1.807, 2.05) is 47.4 Å². The zero-order chi connectivity index (χ0) is 52.6. The number of pyridine rings is 1. The van der Waals surface area contributed by atoms with Crippen LogP contribution in [0, 0.1) is 11.7 Å². The topological polar surface area (TPSA) is 162 Å². The van der Waals surface area contributed by atoms with Gasteiger partial charge in [-0.05, 0) is 90.9 Å². The van der Waals surface area contributed by atoms with Crippen LogP contribution in [0.2, 0.25) is 15.1 Å². The van der Waals surface area contributed by atoms with Gasteiger partial charge in [0.05, 0.1) is 66.5 Å². The van der Waals surface area contributed by atoms with Crippen molar-refractivity contribution in [2.45, 2.75) is 89.3 Å². The maximum atomic E-state index is 15.4. The average Bonchev–Trinajstić information content (AvgIpc) is 3.87. The van der Waals surface area contributed by atoms with Crippen molar-refractivity contribution < 1.29 is 33.0 Å². The average molecular weight is 1080 g/mol. The van der Waals surface area contributed by atoms with Crippen LogP contribution in [0.25, 0.3) is 11.3 Å². The molecule has 4 heterocycles. The first kappa shape index (κ1) is 53.4. The van der Waals surface area contributed by atoms with Gasteiger partial charge in [0.25, 0.3) is 0 Å². The normalized spacial score (nSPS) is 16.5. The number of nitrogens with two attached hydrogens (primary N) is 1. The van der Waals surface area contributed by atoms with Gasteiger partial charge in [0.1, 0.15) is 28.9 Å². The minimum Gasteiger partial charge on any atom is -0.496 e. The van der Waals surface area contributed by atoms with Crippen LogP contribution in [-0.2, 0) is 27.3 Å². The number of rotatable bonds is 20. The number of fused-ring (bicyclic) bond motifs is 3. The maximum absolute atomic E-state index is 15.4. The third kappa shape index (κ3) is 12.6. The van der Waals surface area contributed by atoms with Crippen molar-refractivity contribution in [2.75, 3.05) is 51.2 Å². The minimum atomic E-state index is -0.468. The first-order valence-electron chi connectivity index (χ1n) is 25.4. The van der Waals surface area contributed by atoms with E-state index < -0.39 is 5.82 Å². The van der Waals surface area contributed by atoms with E-state index in [0.29, 0.717) is 118 Å². The number of hydrogen-bond donors (Lipinski definition) is 1. The molecule has 13 nitrogen and oxygen atoms in total. The summed E-state index contributed by atoms with van der Waals surface area (Å²) < 4.78 is 32.5. The number of piperazine rings is 1. The Morgan fingerprint density at radius 3 is 2.32 bits per heavy atom. The highest BCUT2D eigenvalue weighted by atomic mass is 35.5. The predicted molar refractivity (Wildman–Crippen MR) is 291 cm³/mol. The fourth-order valence-electron chi connectivity index (χ4n) is 10.7. The highest BCUT2D eigenvalue weighted by molar-refractivity contribution is 6.32. The molecule has 6 aromatic rings. The molecule has 1 saturated carbocycles. The number of nitrogen functional groups attached to an aromatic ring is 1. The van der Waals surface area contributed by atoms with Gasteiger partial charge in [-0.1, -0.05) is 90.8 Å². The Morgan fingerprint density at radius 1 is 0.800 bits per heavy atom. The molecule has 390 valence electrons. The summed E-state index contributed by atoms with van der Waals surface area (Å²) in [6.07, 6.45) is 10.4. The number of hydrogen-bond acceptors (Lipinski definition) is 12. The molecule has 0 spiro atoms. The van der Waals surface area contributed by atoms with Gasteiger partial charge in [0, 0.05) is 90.7 Å². The summed E-state index contributed by atoms with van der Waals surface area (Å²) in [4.78, 5) is 64.0. The minimum absolute atomic E-state index is 0.0843. The van der Waals surface area contributed by atoms with Gasteiger partial charge in [0.2, 0.25) is 5.91 Å². The second kappa shape index (κ2) is 24.5. The standard InChI is InChI=1S/C58H59Cl3FN7O6/c1-73-51-13-5-11-47(62)55(51)57-46-27-40(60)19-21-44(46)56-38(31-65-57)30-64-53(67-56)26-36-14-20-45(52(25-36)74-2)50(71)12-7-23-75-22-6-10-43(70)29-54(72)68-33-42(24-35-8-3-4-9-35)69(58-48(63)28-41(61)32-66-58)49(34-68)37-15-17-39(59)18-16-37/h5,11,13-21,25,27-28,30,32,35,42,49H,3-4,6-10,12,22-24,26,29,31,33-34,63H2,1-2H3/t42?,49-/m1/s1. The van der Waals surface area contributed by atoms with E-state index in [-0.39, 0.29) is 60.9 Å². The number of ether oxygens (including phenoxy) is 3. The molecule has 1 saturated heterocycles. The molecule has 1 aliphatic carbocycles. The van der Waals surface area contributed by atoms with Crippen molar-refractivity contribution in [1.29, 1.82) is 0 Å². The number of ketones is 2. The maximum Gasteiger partial charge on any atom is 0.230 e. The summed E-state index contributed by atoms with van der Waals surface area (Å²) in [7, 11) is 3.02. The Bertz CT molecular complexity index is 3100. The number of benzene rings is 4. The highest BCUT2D eigenvalue weighted by Crippen LogP contribution is 2.41. The van der Waals surface area contributed by atoms with Gasteiger partial charge in [0.15, 0.2) is 11.6 Å². The second-order valence-electron chi connectivity index (χ2n) is 19.4. The number of carbonyl (C=O) groups is 3. The lowest BCUT2D eigenvalue weighted by Crippen LogP contribution is -2.57. The number of anilines is 2. The Morgan fingerprint density at radius 2 is 1.56 bits per heavy atom. The highest BCUT2D eigenvalue weighted by Gasteiger charge is 2.40. The molecule has 2 atom stereocenters. The summed E-state index contributed by atoms with van der Waals surface area (Å²) in [6.45, 7) is 1.66. The summed E-state index contributed by atoms with van der Waals surface area (Å²) >= 11 is 19.1. The molecule has 1 unspecified atom stereocenters. The molecule has 75 heavy (non-hydrogen) atoms. The van der Waals surface area contributed by atoms with Crippen LogP contribution in [-0.4, -0.2) is 89.6 Å². The Labute approximate surface area is 451 Å². The van der Waals surface area contributed by atoms with E-state index in [1.165, 1.54) is 33.1 Å². The summed E-state index contributed by atoms with van der Waals surface area (Å²) in [5.41, 5.74) is 12.7. The molecule has 1 amide bonds. The molecule has 2 N–H and O–H groups in total. The largest absolute Gasteiger partial charge is 0.496 e. The molecule has 9 rings (SSSR count). The van der Waals surface area contributed by atoms with Crippen molar-refractivity contribution in [3.05, 3.63) is 157 Å². The molecule has 4 aromatic carbocycles. The quantitative estimate of drug-likeness (QED) is 0.0440. The number of Topliss-reactive ketones (excluding diaryl/α,β-unsaturated/α-hetero) is 2. The van der Waals surface area contributed by atoms with E-state index in [0.717, 1.165) is 41.5 Å². The van der Waals surface area contributed by atoms with Gasteiger partial charge in [-0.15, -0.1) is 0 Å². The number of nitrogens with zero attached hydrogens (tertiary/aromatic N) is 6. The van der Waals surface area contributed by atoms with E-state index >= 15 is 4.39 Å². The molecule has 2 fully saturated rings. The van der Waals surface area contributed by atoms with Crippen LogP contribution in [0.4, 0.5) is 15.9 Å². The van der Waals surface area contributed by atoms with Crippen molar-refractivity contribution in [2.24, 2.45) is 10.9 Å². The lowest BCUT2D eigenvalue weighted by atomic mass is 9.91. The van der Waals surface area contributed by atoms with Crippen LogP contribution in [0.5, 0.6) is 11.5 Å². The lowest BCUT2D eigenvalue weighted by Gasteiger charge is -2.49.